The molecule has 0 aromatic heterocycles. The van der Waals surface area contributed by atoms with E-state index < -0.39 is 6.16 Å². The average molecular weight is 191 g/mol. The summed E-state index contributed by atoms with van der Waals surface area (Å²) >= 11 is 0. The van der Waals surface area contributed by atoms with Crippen LogP contribution < -0.4 is 39.8 Å². The number of rotatable bonds is 0. The monoisotopic (exact) mass is 190 g/mol. The van der Waals surface area contributed by atoms with Gasteiger partial charge in [-0.05, 0) is 6.16 Å². The Hall–Kier alpha value is 1.01. The Balaban J connectivity index is -0.0000000450. The molecule has 0 N–H and O–H groups in total. The largest absolute Gasteiger partial charge is 1.00 e. The van der Waals surface area contributed by atoms with Crippen LogP contribution in [0.25, 0.3) is 0 Å². The van der Waals surface area contributed by atoms with Gasteiger partial charge in [-0.15, -0.1) is 0 Å². The third-order valence-corrected chi connectivity index (χ3v) is 0. The molecule has 0 spiro atoms. The van der Waals surface area contributed by atoms with E-state index >= 15 is 0 Å². The molecule has 0 unspecified atom stereocenters. The molecule has 34 valence electrons. The molecule has 0 heterocycles. The van der Waals surface area contributed by atoms with Crippen LogP contribution in [0.5, 0.6) is 0 Å². The molecule has 0 fully saturated rings. The molecular formula is CAgNaO3. The molecule has 0 saturated carbocycles. The Morgan fingerprint density at radius 3 is 1.33 bits per heavy atom. The quantitative estimate of drug-likeness (QED) is 0.359. The van der Waals surface area contributed by atoms with Crippen molar-refractivity contribution in [2.75, 3.05) is 0 Å². The molecule has 3 nitrogen and oxygen atoms in total. The van der Waals surface area contributed by atoms with Crippen molar-refractivity contribution >= 4 is 6.16 Å². The summed E-state index contributed by atoms with van der Waals surface area (Å²) in [4.78, 5) is 8.33. The second-order valence-electron chi connectivity index (χ2n) is 0.250. The summed E-state index contributed by atoms with van der Waals surface area (Å²) in [6.45, 7) is 0. The van der Waals surface area contributed by atoms with E-state index in [1.165, 1.54) is 0 Å². The molecule has 0 atom stereocenters. The number of carbonyl (C=O) groups is 1. The fraction of sp³-hybridized carbons (Fsp3) is 0. The van der Waals surface area contributed by atoms with E-state index in [9.17, 15) is 0 Å². The van der Waals surface area contributed by atoms with Crippen molar-refractivity contribution < 1.29 is 66.9 Å². The van der Waals surface area contributed by atoms with Crippen molar-refractivity contribution in [3.8, 4) is 0 Å². The van der Waals surface area contributed by atoms with Crippen molar-refractivity contribution in [2.45, 2.75) is 0 Å². The molecule has 0 aromatic rings. The van der Waals surface area contributed by atoms with Crippen molar-refractivity contribution in [3.63, 3.8) is 0 Å². The van der Waals surface area contributed by atoms with E-state index in [-0.39, 0.29) is 51.9 Å². The predicted molar refractivity (Wildman–Crippen MR) is 5.40 cm³/mol. The summed E-state index contributed by atoms with van der Waals surface area (Å²) in [6.07, 6.45) is -2.33. The van der Waals surface area contributed by atoms with Gasteiger partial charge < -0.3 is 15.0 Å². The van der Waals surface area contributed by atoms with E-state index in [1.807, 2.05) is 0 Å². The van der Waals surface area contributed by atoms with Gasteiger partial charge in [0.2, 0.25) is 0 Å². The van der Waals surface area contributed by atoms with Crippen LogP contribution in [-0.4, -0.2) is 6.16 Å². The fourth-order valence-corrected chi connectivity index (χ4v) is 0. The molecule has 0 aliphatic rings. The summed E-state index contributed by atoms with van der Waals surface area (Å²) in [7, 11) is 0. The van der Waals surface area contributed by atoms with Crippen molar-refractivity contribution in [2.24, 2.45) is 0 Å². The minimum atomic E-state index is -2.33. The molecule has 0 aliphatic carbocycles. The zero-order valence-corrected chi connectivity index (χ0v) is 6.51. The van der Waals surface area contributed by atoms with Crippen molar-refractivity contribution in [3.05, 3.63) is 0 Å². The normalized spacial score (nSPS) is 4.00. The molecule has 0 amide bonds. The minimum Gasteiger partial charge on any atom is -0.652 e. The minimum absolute atomic E-state index is 0. The van der Waals surface area contributed by atoms with Crippen LogP contribution in [0.3, 0.4) is 0 Å². The number of hydrogen-bond donors (Lipinski definition) is 0. The van der Waals surface area contributed by atoms with E-state index in [2.05, 4.69) is 0 Å². The van der Waals surface area contributed by atoms with Gasteiger partial charge in [-0.2, -0.15) is 0 Å². The van der Waals surface area contributed by atoms with Gasteiger partial charge in [0.1, 0.15) is 0 Å². The molecule has 0 aliphatic heterocycles. The smallest absolute Gasteiger partial charge is 0.652 e. The summed E-state index contributed by atoms with van der Waals surface area (Å²) in [6, 6.07) is 0. The third-order valence-electron chi connectivity index (χ3n) is 0. The molecular weight excluding hydrogens is 191 g/mol. The Bertz CT molecular complexity index is 33.8. The first-order chi connectivity index (χ1) is 1.73. The van der Waals surface area contributed by atoms with Crippen LogP contribution in [-0.2, 0) is 22.4 Å². The third kappa shape index (κ3) is 78.9. The zero-order valence-electron chi connectivity index (χ0n) is 3.03. The van der Waals surface area contributed by atoms with Gasteiger partial charge in [-0.1, -0.05) is 0 Å². The molecule has 5 heteroatoms. The predicted octanol–water partition coefficient (Wildman–Crippen LogP) is -5.45. The Kier molecular flexibility index (Phi) is 24.6. The SMILES string of the molecule is O=C([O-])[O-].[Ag+].[Na+]. The van der Waals surface area contributed by atoms with Crippen LogP contribution >= 0.6 is 0 Å². The Morgan fingerprint density at radius 2 is 1.33 bits per heavy atom. The van der Waals surface area contributed by atoms with Crippen LogP contribution in [0.4, 0.5) is 4.79 Å². The van der Waals surface area contributed by atoms with E-state index in [1.54, 1.807) is 0 Å². The van der Waals surface area contributed by atoms with Gasteiger partial charge in [-0.25, -0.2) is 0 Å². The number of carboxylic acid groups (broad SMARTS) is 2. The van der Waals surface area contributed by atoms with Gasteiger partial charge in [-0.3, -0.25) is 0 Å². The van der Waals surface area contributed by atoms with E-state index in [4.69, 9.17) is 15.0 Å². The topological polar surface area (TPSA) is 63.2 Å². The van der Waals surface area contributed by atoms with Crippen molar-refractivity contribution in [1.29, 1.82) is 0 Å². The van der Waals surface area contributed by atoms with Crippen molar-refractivity contribution in [1.82, 2.24) is 0 Å². The standard InChI is InChI=1S/CH2O3.Ag.Na/c2-1(3)4;;/h(H2,2,3,4);;/q;2*+1/p-2. The number of carbonyl (C=O) groups excluding carboxylic acids is 1. The summed E-state index contributed by atoms with van der Waals surface area (Å²) in [5.74, 6) is 0. The Labute approximate surface area is 72.5 Å². The maximum atomic E-state index is 8.33. The van der Waals surface area contributed by atoms with Crippen LogP contribution in [0, 0.1) is 0 Å². The molecule has 0 radical (unpaired) electrons. The second kappa shape index (κ2) is 9.38. The first-order valence-corrected chi connectivity index (χ1v) is 0.612. The summed E-state index contributed by atoms with van der Waals surface area (Å²) < 4.78 is 0. The molecule has 0 aromatic carbocycles. The van der Waals surface area contributed by atoms with Gasteiger partial charge in [0.15, 0.2) is 0 Å². The van der Waals surface area contributed by atoms with E-state index in [0.29, 0.717) is 0 Å². The first kappa shape index (κ1) is 15.7. The van der Waals surface area contributed by atoms with Crippen LogP contribution in [0.15, 0.2) is 0 Å². The molecule has 0 rings (SSSR count). The second-order valence-corrected chi connectivity index (χ2v) is 0.250. The fourth-order valence-electron chi connectivity index (χ4n) is 0. The molecule has 0 bridgehead atoms. The zero-order chi connectivity index (χ0) is 3.58. The van der Waals surface area contributed by atoms with Gasteiger partial charge in [0.05, 0.1) is 0 Å². The maximum absolute atomic E-state index is 8.33. The molecule has 6 heavy (non-hydrogen) atoms. The van der Waals surface area contributed by atoms with E-state index in [0.717, 1.165) is 0 Å². The average Bonchev–Trinajstić information content (AvgIpc) is 0.811. The number of hydrogen-bond acceptors (Lipinski definition) is 3. The van der Waals surface area contributed by atoms with Crippen LogP contribution in [0.2, 0.25) is 0 Å². The van der Waals surface area contributed by atoms with Crippen LogP contribution in [0.1, 0.15) is 0 Å². The maximum Gasteiger partial charge on any atom is 1.00 e. The summed E-state index contributed by atoms with van der Waals surface area (Å²) in [5, 5.41) is 16.7. The van der Waals surface area contributed by atoms with Gasteiger partial charge in [0, 0.05) is 0 Å². The van der Waals surface area contributed by atoms with Gasteiger partial charge >= 0.3 is 51.9 Å². The summed E-state index contributed by atoms with van der Waals surface area (Å²) in [5.41, 5.74) is 0. The molecule has 0 saturated heterocycles. The Morgan fingerprint density at radius 1 is 1.33 bits per heavy atom. The van der Waals surface area contributed by atoms with Gasteiger partial charge in [0.25, 0.3) is 0 Å². The first-order valence-electron chi connectivity index (χ1n) is 0.612.